The van der Waals surface area contributed by atoms with Gasteiger partial charge in [-0.2, -0.15) is 0 Å². The molecule has 1 heterocycles. The van der Waals surface area contributed by atoms with Crippen molar-refractivity contribution in [3.05, 3.63) is 0 Å². The fourth-order valence-electron chi connectivity index (χ4n) is 4.02. The quantitative estimate of drug-likeness (QED) is 0.512. The molecular formula is C17H37NO3Si. The van der Waals surface area contributed by atoms with E-state index in [-0.39, 0.29) is 11.1 Å². The summed E-state index contributed by atoms with van der Waals surface area (Å²) in [4.78, 5) is 0. The number of hydrogen-bond acceptors (Lipinski definition) is 4. The molecule has 132 valence electrons. The van der Waals surface area contributed by atoms with Gasteiger partial charge in [0.1, 0.15) is 0 Å². The SMILES string of the molecule is CCO[Si](C)(OCC)OCCCC1CC(C)(C)NC(C)(C)C1. The van der Waals surface area contributed by atoms with Gasteiger partial charge in [-0.05, 0) is 73.1 Å². The van der Waals surface area contributed by atoms with Gasteiger partial charge in [0, 0.05) is 37.4 Å². The lowest BCUT2D eigenvalue weighted by Crippen LogP contribution is -2.57. The van der Waals surface area contributed by atoms with Crippen LogP contribution in [0.3, 0.4) is 0 Å². The summed E-state index contributed by atoms with van der Waals surface area (Å²) in [7, 11) is -2.41. The molecule has 4 nitrogen and oxygen atoms in total. The van der Waals surface area contributed by atoms with E-state index in [0.29, 0.717) is 13.2 Å². The van der Waals surface area contributed by atoms with E-state index in [4.69, 9.17) is 13.3 Å². The summed E-state index contributed by atoms with van der Waals surface area (Å²) in [5.41, 5.74) is 0.459. The Bertz CT molecular complexity index is 312. The molecule has 0 unspecified atom stereocenters. The van der Waals surface area contributed by atoms with Gasteiger partial charge in [0.05, 0.1) is 0 Å². The molecule has 22 heavy (non-hydrogen) atoms. The van der Waals surface area contributed by atoms with E-state index >= 15 is 0 Å². The molecule has 0 aliphatic carbocycles. The molecule has 1 fully saturated rings. The van der Waals surface area contributed by atoms with Crippen LogP contribution < -0.4 is 5.32 Å². The van der Waals surface area contributed by atoms with Crippen LogP contribution in [-0.4, -0.2) is 39.7 Å². The summed E-state index contributed by atoms with van der Waals surface area (Å²) in [6.07, 6.45) is 4.78. The Morgan fingerprint density at radius 1 is 0.955 bits per heavy atom. The first-order valence-electron chi connectivity index (χ1n) is 8.82. The highest BCUT2D eigenvalue weighted by atomic mass is 28.4. The summed E-state index contributed by atoms with van der Waals surface area (Å²) in [5, 5.41) is 3.75. The number of piperidine rings is 1. The molecule has 0 aromatic carbocycles. The molecule has 1 aliphatic rings. The van der Waals surface area contributed by atoms with Crippen molar-refractivity contribution in [2.24, 2.45) is 5.92 Å². The van der Waals surface area contributed by atoms with Gasteiger partial charge >= 0.3 is 8.80 Å². The number of rotatable bonds is 9. The third-order valence-electron chi connectivity index (χ3n) is 4.21. The van der Waals surface area contributed by atoms with Crippen molar-refractivity contribution >= 4 is 8.80 Å². The van der Waals surface area contributed by atoms with E-state index in [9.17, 15) is 0 Å². The normalized spacial score (nSPS) is 22.0. The van der Waals surface area contributed by atoms with Crippen molar-refractivity contribution < 1.29 is 13.3 Å². The highest BCUT2D eigenvalue weighted by molar-refractivity contribution is 6.59. The van der Waals surface area contributed by atoms with E-state index in [0.717, 1.165) is 18.9 Å². The average molecular weight is 332 g/mol. The first-order valence-corrected chi connectivity index (χ1v) is 11.0. The fraction of sp³-hybridized carbons (Fsp3) is 1.00. The fourth-order valence-corrected chi connectivity index (χ4v) is 5.83. The largest absolute Gasteiger partial charge is 0.497 e. The highest BCUT2D eigenvalue weighted by Gasteiger charge is 2.37. The van der Waals surface area contributed by atoms with Gasteiger partial charge in [0.25, 0.3) is 0 Å². The van der Waals surface area contributed by atoms with Crippen molar-refractivity contribution in [1.29, 1.82) is 0 Å². The average Bonchev–Trinajstić information content (AvgIpc) is 2.31. The molecule has 1 N–H and O–H groups in total. The minimum absolute atomic E-state index is 0.229. The second kappa shape index (κ2) is 8.24. The zero-order valence-corrected chi connectivity index (χ0v) is 16.8. The second-order valence-electron chi connectivity index (χ2n) is 7.89. The van der Waals surface area contributed by atoms with Crippen molar-refractivity contribution in [3.8, 4) is 0 Å². The summed E-state index contributed by atoms with van der Waals surface area (Å²) < 4.78 is 17.4. The lowest BCUT2D eigenvalue weighted by Gasteiger charge is -2.46. The molecule has 1 saturated heterocycles. The first-order chi connectivity index (χ1) is 10.1. The number of hydrogen-bond donors (Lipinski definition) is 1. The van der Waals surface area contributed by atoms with Crippen molar-refractivity contribution in [2.45, 2.75) is 84.9 Å². The van der Waals surface area contributed by atoms with E-state index in [1.807, 2.05) is 20.4 Å². The van der Waals surface area contributed by atoms with E-state index in [1.54, 1.807) is 0 Å². The molecule has 1 rings (SSSR count). The summed E-state index contributed by atoms with van der Waals surface area (Å²) >= 11 is 0. The topological polar surface area (TPSA) is 39.7 Å². The summed E-state index contributed by atoms with van der Waals surface area (Å²) in [5.74, 6) is 0.766. The Kier molecular flexibility index (Phi) is 7.53. The van der Waals surface area contributed by atoms with E-state index in [2.05, 4.69) is 33.0 Å². The molecule has 0 aromatic heterocycles. The van der Waals surface area contributed by atoms with Gasteiger partial charge in [0.2, 0.25) is 0 Å². The van der Waals surface area contributed by atoms with Crippen LogP contribution in [0.5, 0.6) is 0 Å². The molecule has 5 heteroatoms. The predicted octanol–water partition coefficient (Wildman–Crippen LogP) is 3.98. The van der Waals surface area contributed by atoms with Crippen LogP contribution in [0.25, 0.3) is 0 Å². The molecule has 0 saturated carbocycles. The van der Waals surface area contributed by atoms with Crippen molar-refractivity contribution in [1.82, 2.24) is 5.32 Å². The minimum atomic E-state index is -2.41. The highest BCUT2D eigenvalue weighted by Crippen LogP contribution is 2.35. The van der Waals surface area contributed by atoms with Crippen LogP contribution >= 0.6 is 0 Å². The maximum atomic E-state index is 5.98. The van der Waals surface area contributed by atoms with Crippen LogP contribution in [0, 0.1) is 5.92 Å². The van der Waals surface area contributed by atoms with Gasteiger partial charge in [0.15, 0.2) is 0 Å². The Hall–Kier alpha value is 0.0569. The molecule has 0 radical (unpaired) electrons. The number of nitrogens with one attached hydrogen (secondary N) is 1. The van der Waals surface area contributed by atoms with Crippen LogP contribution in [-0.2, 0) is 13.3 Å². The molecular weight excluding hydrogens is 294 g/mol. The standard InChI is InChI=1S/C17H37NO3Si/c1-8-19-22(7,20-9-2)21-12-10-11-15-13-16(3,4)18-17(5,6)14-15/h15,18H,8-14H2,1-7H3. The third kappa shape index (κ3) is 7.09. The molecule has 0 spiro atoms. The summed E-state index contributed by atoms with van der Waals surface area (Å²) in [6.45, 7) is 17.3. The Morgan fingerprint density at radius 3 is 1.91 bits per heavy atom. The first kappa shape index (κ1) is 20.1. The zero-order chi connectivity index (χ0) is 16.9. The van der Waals surface area contributed by atoms with Crippen molar-refractivity contribution in [2.75, 3.05) is 19.8 Å². The van der Waals surface area contributed by atoms with Crippen LogP contribution in [0.1, 0.15) is 67.2 Å². The summed E-state index contributed by atoms with van der Waals surface area (Å²) in [6, 6.07) is 0. The van der Waals surface area contributed by atoms with Crippen LogP contribution in [0.2, 0.25) is 6.55 Å². The Balaban J connectivity index is 2.37. The van der Waals surface area contributed by atoms with Gasteiger partial charge in [-0.3, -0.25) is 0 Å². The van der Waals surface area contributed by atoms with Crippen molar-refractivity contribution in [3.63, 3.8) is 0 Å². The van der Waals surface area contributed by atoms with Crippen LogP contribution in [0.4, 0.5) is 0 Å². The zero-order valence-electron chi connectivity index (χ0n) is 15.8. The van der Waals surface area contributed by atoms with Crippen LogP contribution in [0.15, 0.2) is 0 Å². The van der Waals surface area contributed by atoms with E-state index in [1.165, 1.54) is 19.3 Å². The smallest absolute Gasteiger partial charge is 0.374 e. The van der Waals surface area contributed by atoms with Gasteiger partial charge in [-0.15, -0.1) is 0 Å². The Morgan fingerprint density at radius 2 is 1.45 bits per heavy atom. The maximum Gasteiger partial charge on any atom is 0.497 e. The van der Waals surface area contributed by atoms with Gasteiger partial charge in [-0.1, -0.05) is 0 Å². The maximum absolute atomic E-state index is 5.98. The lowest BCUT2D eigenvalue weighted by molar-refractivity contribution is 0.0671. The second-order valence-corrected chi connectivity index (χ2v) is 10.5. The predicted molar refractivity (Wildman–Crippen MR) is 94.1 cm³/mol. The molecule has 0 amide bonds. The van der Waals surface area contributed by atoms with Gasteiger partial charge in [-0.25, -0.2) is 0 Å². The molecule has 0 bridgehead atoms. The monoisotopic (exact) mass is 331 g/mol. The third-order valence-corrected chi connectivity index (χ3v) is 6.56. The molecule has 0 aromatic rings. The van der Waals surface area contributed by atoms with Gasteiger partial charge < -0.3 is 18.6 Å². The Labute approximate surface area is 138 Å². The molecule has 1 aliphatic heterocycles. The lowest BCUT2D eigenvalue weighted by atomic mass is 9.74. The molecule has 0 atom stereocenters. The van der Waals surface area contributed by atoms with E-state index < -0.39 is 8.80 Å². The minimum Gasteiger partial charge on any atom is -0.374 e.